The van der Waals surface area contributed by atoms with E-state index < -0.39 is 17.0 Å². The Morgan fingerprint density at radius 3 is 2.46 bits per heavy atom. The van der Waals surface area contributed by atoms with Gasteiger partial charge in [0.2, 0.25) is 0 Å². The number of hydrogen-bond acceptors (Lipinski definition) is 2. The number of nitrogens with zero attached hydrogens (tertiary/aromatic N) is 1. The molecule has 136 valence electrons. The van der Waals surface area contributed by atoms with Crippen molar-refractivity contribution in [2.24, 2.45) is 5.41 Å². The SMILES string of the molecule is O=C(c1cc(F)cc(F)c1)N1[C@H]2CC[C@@H]1[C@@](CO)(Cc1ccccc1)C2. The molecule has 2 aromatic carbocycles. The van der Waals surface area contributed by atoms with Crippen molar-refractivity contribution in [2.75, 3.05) is 6.61 Å². The van der Waals surface area contributed by atoms with E-state index in [1.807, 2.05) is 30.3 Å². The average Bonchev–Trinajstić information content (AvgIpc) is 3.17. The van der Waals surface area contributed by atoms with Gasteiger partial charge in [0.1, 0.15) is 11.6 Å². The van der Waals surface area contributed by atoms with Crippen LogP contribution >= 0.6 is 0 Å². The van der Waals surface area contributed by atoms with Crippen LogP contribution in [-0.2, 0) is 6.42 Å². The summed E-state index contributed by atoms with van der Waals surface area (Å²) in [6.45, 7) is -0.00957. The number of carbonyl (C=O) groups is 1. The number of rotatable bonds is 4. The maximum absolute atomic E-state index is 13.5. The van der Waals surface area contributed by atoms with Crippen LogP contribution < -0.4 is 0 Å². The van der Waals surface area contributed by atoms with Crippen LogP contribution in [0, 0.1) is 17.0 Å². The van der Waals surface area contributed by atoms with Crippen LogP contribution in [0.3, 0.4) is 0 Å². The van der Waals surface area contributed by atoms with Crippen molar-refractivity contribution in [2.45, 2.75) is 37.8 Å². The lowest BCUT2D eigenvalue weighted by molar-refractivity contribution is 0.0570. The van der Waals surface area contributed by atoms with Gasteiger partial charge in [0.15, 0.2) is 0 Å². The van der Waals surface area contributed by atoms with E-state index in [2.05, 4.69) is 0 Å². The number of carbonyl (C=O) groups excluding carboxylic acids is 1. The molecule has 0 radical (unpaired) electrons. The van der Waals surface area contributed by atoms with E-state index in [1.54, 1.807) is 4.90 Å². The van der Waals surface area contributed by atoms with Crippen LogP contribution in [0.5, 0.6) is 0 Å². The lowest BCUT2D eigenvalue weighted by Crippen LogP contribution is -2.44. The summed E-state index contributed by atoms with van der Waals surface area (Å²) >= 11 is 0. The number of benzene rings is 2. The van der Waals surface area contributed by atoms with Gasteiger partial charge in [-0.1, -0.05) is 30.3 Å². The minimum absolute atomic E-state index is 0.00897. The van der Waals surface area contributed by atoms with Gasteiger partial charge in [-0.25, -0.2) is 8.78 Å². The average molecular weight is 357 g/mol. The fourth-order valence-electron chi connectivity index (χ4n) is 4.84. The van der Waals surface area contributed by atoms with Crippen LogP contribution in [0.25, 0.3) is 0 Å². The van der Waals surface area contributed by atoms with Gasteiger partial charge in [0.25, 0.3) is 5.91 Å². The summed E-state index contributed by atoms with van der Waals surface area (Å²) in [5.74, 6) is -1.85. The van der Waals surface area contributed by atoms with Gasteiger partial charge in [-0.05, 0) is 43.4 Å². The summed E-state index contributed by atoms with van der Waals surface area (Å²) in [4.78, 5) is 14.7. The van der Waals surface area contributed by atoms with Crippen LogP contribution in [-0.4, -0.2) is 34.6 Å². The van der Waals surface area contributed by atoms with Crippen LogP contribution in [0.1, 0.15) is 35.2 Å². The topological polar surface area (TPSA) is 40.5 Å². The molecule has 1 amide bonds. The number of halogens is 2. The highest BCUT2D eigenvalue weighted by molar-refractivity contribution is 5.95. The van der Waals surface area contributed by atoms with Gasteiger partial charge in [-0.3, -0.25) is 4.79 Å². The van der Waals surface area contributed by atoms with Gasteiger partial charge in [0, 0.05) is 29.1 Å². The van der Waals surface area contributed by atoms with E-state index in [0.29, 0.717) is 12.8 Å². The molecule has 2 fully saturated rings. The minimum atomic E-state index is -0.752. The molecule has 0 unspecified atom stereocenters. The smallest absolute Gasteiger partial charge is 0.254 e. The summed E-state index contributed by atoms with van der Waals surface area (Å²) in [5.41, 5.74) is 0.761. The number of amides is 1. The fourth-order valence-corrected chi connectivity index (χ4v) is 4.84. The van der Waals surface area contributed by atoms with Gasteiger partial charge in [-0.2, -0.15) is 0 Å². The van der Waals surface area contributed by atoms with E-state index >= 15 is 0 Å². The van der Waals surface area contributed by atoms with Crippen molar-refractivity contribution >= 4 is 5.91 Å². The van der Waals surface area contributed by atoms with Crippen molar-refractivity contribution < 1.29 is 18.7 Å². The summed E-state index contributed by atoms with van der Waals surface area (Å²) in [7, 11) is 0. The zero-order valence-corrected chi connectivity index (χ0v) is 14.4. The van der Waals surface area contributed by atoms with Gasteiger partial charge in [0.05, 0.1) is 6.61 Å². The molecule has 0 spiro atoms. The molecule has 0 aromatic heterocycles. The van der Waals surface area contributed by atoms with Crippen molar-refractivity contribution in [1.82, 2.24) is 4.90 Å². The molecule has 2 bridgehead atoms. The maximum Gasteiger partial charge on any atom is 0.254 e. The molecule has 5 heteroatoms. The van der Waals surface area contributed by atoms with Crippen molar-refractivity contribution in [1.29, 1.82) is 0 Å². The highest BCUT2D eigenvalue weighted by Crippen LogP contribution is 2.51. The summed E-state index contributed by atoms with van der Waals surface area (Å²) in [6.07, 6.45) is 3.08. The van der Waals surface area contributed by atoms with Gasteiger partial charge >= 0.3 is 0 Å². The standard InChI is InChI=1S/C21H21F2NO2/c22-16-8-15(9-17(23)10-16)20(26)24-18-6-7-19(24)21(12-18,13-25)11-14-4-2-1-3-5-14/h1-5,8-10,18-19,25H,6-7,11-13H2/t18-,19+,21-/m0/s1. The zero-order valence-electron chi connectivity index (χ0n) is 14.4. The summed E-state index contributed by atoms with van der Waals surface area (Å²) in [6, 6.07) is 12.8. The Hall–Kier alpha value is -2.27. The van der Waals surface area contributed by atoms with Crippen LogP contribution in [0.2, 0.25) is 0 Å². The Morgan fingerprint density at radius 2 is 1.81 bits per heavy atom. The molecule has 2 saturated heterocycles. The number of fused-ring (bicyclic) bond motifs is 2. The first-order chi connectivity index (χ1) is 12.5. The predicted molar refractivity (Wildman–Crippen MR) is 93.6 cm³/mol. The predicted octanol–water partition coefficient (Wildman–Crippen LogP) is 3.56. The highest BCUT2D eigenvalue weighted by atomic mass is 19.1. The molecule has 2 heterocycles. The Kier molecular flexibility index (Phi) is 4.27. The zero-order chi connectivity index (χ0) is 18.3. The molecule has 26 heavy (non-hydrogen) atoms. The molecular weight excluding hydrogens is 336 g/mol. The second kappa shape index (κ2) is 6.47. The molecule has 1 N–H and O–H groups in total. The summed E-state index contributed by atoms with van der Waals surface area (Å²) in [5, 5.41) is 10.2. The van der Waals surface area contributed by atoms with Crippen LogP contribution in [0.4, 0.5) is 8.78 Å². The fraction of sp³-hybridized carbons (Fsp3) is 0.381. The van der Waals surface area contributed by atoms with Crippen LogP contribution in [0.15, 0.2) is 48.5 Å². The Labute approximate surface area is 151 Å². The third-order valence-corrected chi connectivity index (χ3v) is 5.91. The highest BCUT2D eigenvalue weighted by Gasteiger charge is 2.57. The molecule has 2 aromatic rings. The molecule has 0 saturated carbocycles. The van der Waals surface area contributed by atoms with E-state index in [-0.39, 0.29) is 30.2 Å². The second-order valence-corrected chi connectivity index (χ2v) is 7.50. The third-order valence-electron chi connectivity index (χ3n) is 5.91. The molecular formula is C21H21F2NO2. The monoisotopic (exact) mass is 357 g/mol. The Morgan fingerprint density at radius 1 is 1.12 bits per heavy atom. The van der Waals surface area contributed by atoms with E-state index in [9.17, 15) is 18.7 Å². The molecule has 0 aliphatic carbocycles. The van der Waals surface area contributed by atoms with Gasteiger partial charge in [-0.15, -0.1) is 0 Å². The third kappa shape index (κ3) is 2.80. The number of aliphatic hydroxyl groups excluding tert-OH is 1. The minimum Gasteiger partial charge on any atom is -0.396 e. The number of aliphatic hydroxyl groups is 1. The molecule has 2 aliphatic rings. The Balaban J connectivity index is 1.64. The Bertz CT molecular complexity index is 806. The normalized spacial score (nSPS) is 27.1. The maximum atomic E-state index is 13.5. The van der Waals surface area contributed by atoms with E-state index in [0.717, 1.165) is 36.6 Å². The van der Waals surface area contributed by atoms with E-state index in [4.69, 9.17) is 0 Å². The lowest BCUT2D eigenvalue weighted by Gasteiger charge is -2.36. The largest absolute Gasteiger partial charge is 0.396 e. The second-order valence-electron chi connectivity index (χ2n) is 7.50. The molecule has 3 atom stereocenters. The molecule has 4 rings (SSSR count). The van der Waals surface area contributed by atoms with Gasteiger partial charge < -0.3 is 10.0 Å². The van der Waals surface area contributed by atoms with E-state index in [1.165, 1.54) is 0 Å². The first kappa shape index (κ1) is 17.2. The van der Waals surface area contributed by atoms with Crippen molar-refractivity contribution in [3.8, 4) is 0 Å². The number of hydrogen-bond donors (Lipinski definition) is 1. The first-order valence-corrected chi connectivity index (χ1v) is 8.96. The van der Waals surface area contributed by atoms with Crippen molar-refractivity contribution in [3.63, 3.8) is 0 Å². The molecule has 3 nitrogen and oxygen atoms in total. The first-order valence-electron chi connectivity index (χ1n) is 8.96. The quantitative estimate of drug-likeness (QED) is 0.909. The molecule has 2 aliphatic heterocycles. The van der Waals surface area contributed by atoms with Crippen molar-refractivity contribution in [3.05, 3.63) is 71.3 Å². The lowest BCUT2D eigenvalue weighted by atomic mass is 9.70. The summed E-state index contributed by atoms with van der Waals surface area (Å²) < 4.78 is 27.1.